The number of urea groups is 1. The molecular formula is C19H26Cl2N4O3. The average Bonchev–Trinajstić information content (AvgIpc) is 3.10. The van der Waals surface area contributed by atoms with Crippen LogP contribution < -0.4 is 16.0 Å². The fraction of sp³-hybridized carbons (Fsp3) is 0.526. The van der Waals surface area contributed by atoms with Gasteiger partial charge < -0.3 is 10.6 Å². The second-order valence-electron chi connectivity index (χ2n) is 6.89. The van der Waals surface area contributed by atoms with Crippen molar-refractivity contribution in [3.63, 3.8) is 0 Å². The zero-order valence-electron chi connectivity index (χ0n) is 15.9. The van der Waals surface area contributed by atoms with Crippen LogP contribution in [0.15, 0.2) is 18.2 Å². The number of anilines is 1. The van der Waals surface area contributed by atoms with Gasteiger partial charge in [-0.3, -0.25) is 19.8 Å². The quantitative estimate of drug-likeness (QED) is 0.591. The molecule has 0 aliphatic heterocycles. The predicted octanol–water partition coefficient (Wildman–Crippen LogP) is 3.41. The molecule has 1 aliphatic rings. The second-order valence-corrected chi connectivity index (χ2v) is 7.73. The Morgan fingerprint density at radius 3 is 2.43 bits per heavy atom. The molecule has 1 aliphatic carbocycles. The van der Waals surface area contributed by atoms with Crippen LogP contribution in [-0.4, -0.2) is 48.4 Å². The predicted molar refractivity (Wildman–Crippen MR) is 111 cm³/mol. The molecule has 1 saturated carbocycles. The summed E-state index contributed by atoms with van der Waals surface area (Å²) in [4.78, 5) is 38.1. The van der Waals surface area contributed by atoms with Gasteiger partial charge >= 0.3 is 6.03 Å². The summed E-state index contributed by atoms with van der Waals surface area (Å²) in [6, 6.07) is 4.44. The van der Waals surface area contributed by atoms with E-state index in [9.17, 15) is 14.4 Å². The molecule has 3 N–H and O–H groups in total. The molecule has 1 aromatic carbocycles. The molecule has 0 spiro atoms. The van der Waals surface area contributed by atoms with Crippen LogP contribution in [0, 0.1) is 0 Å². The Kier molecular flexibility index (Phi) is 9.02. The van der Waals surface area contributed by atoms with Crippen molar-refractivity contribution in [1.82, 2.24) is 15.5 Å². The first kappa shape index (κ1) is 22.5. The van der Waals surface area contributed by atoms with Crippen LogP contribution in [-0.2, 0) is 9.59 Å². The van der Waals surface area contributed by atoms with E-state index in [0.29, 0.717) is 22.3 Å². The van der Waals surface area contributed by atoms with Gasteiger partial charge in [-0.15, -0.1) is 0 Å². The highest BCUT2D eigenvalue weighted by atomic mass is 35.5. The Balaban J connectivity index is 1.82. The smallest absolute Gasteiger partial charge is 0.321 e. The van der Waals surface area contributed by atoms with Crippen molar-refractivity contribution in [3.05, 3.63) is 28.2 Å². The van der Waals surface area contributed by atoms with Gasteiger partial charge in [0.15, 0.2) is 0 Å². The summed E-state index contributed by atoms with van der Waals surface area (Å²) in [6.45, 7) is 2.45. The lowest BCUT2D eigenvalue weighted by atomic mass is 10.2. The maximum Gasteiger partial charge on any atom is 0.321 e. The molecule has 1 fully saturated rings. The minimum atomic E-state index is -0.481. The Labute approximate surface area is 175 Å². The molecule has 2 rings (SSSR count). The molecule has 0 radical (unpaired) electrons. The number of nitrogens with one attached hydrogen (secondary N) is 3. The van der Waals surface area contributed by atoms with Crippen molar-refractivity contribution >= 4 is 46.7 Å². The number of amides is 4. The van der Waals surface area contributed by atoms with Gasteiger partial charge in [-0.05, 0) is 44.0 Å². The molecular weight excluding hydrogens is 403 g/mol. The van der Waals surface area contributed by atoms with Crippen molar-refractivity contribution < 1.29 is 14.4 Å². The Hall–Kier alpha value is -1.83. The van der Waals surface area contributed by atoms with Gasteiger partial charge in [0.25, 0.3) is 0 Å². The highest BCUT2D eigenvalue weighted by Gasteiger charge is 2.20. The van der Waals surface area contributed by atoms with Crippen molar-refractivity contribution in [1.29, 1.82) is 0 Å². The summed E-state index contributed by atoms with van der Waals surface area (Å²) in [5, 5.41) is 8.66. The van der Waals surface area contributed by atoms with Crippen molar-refractivity contribution in [3.8, 4) is 0 Å². The monoisotopic (exact) mass is 428 g/mol. The van der Waals surface area contributed by atoms with Crippen molar-refractivity contribution in [2.75, 3.05) is 25.0 Å². The number of benzene rings is 1. The van der Waals surface area contributed by atoms with Crippen LogP contribution in [0.25, 0.3) is 0 Å². The number of halogens is 2. The topological polar surface area (TPSA) is 90.5 Å². The van der Waals surface area contributed by atoms with E-state index in [1.54, 1.807) is 23.1 Å². The lowest BCUT2D eigenvalue weighted by Gasteiger charge is -2.21. The van der Waals surface area contributed by atoms with Gasteiger partial charge in [0.05, 0.1) is 23.8 Å². The molecule has 28 heavy (non-hydrogen) atoms. The number of hydrogen-bond donors (Lipinski definition) is 3. The third-order valence-electron chi connectivity index (χ3n) is 4.42. The van der Waals surface area contributed by atoms with Crippen LogP contribution in [0.3, 0.4) is 0 Å². The van der Waals surface area contributed by atoms with E-state index >= 15 is 0 Å². The minimum absolute atomic E-state index is 0.00442. The van der Waals surface area contributed by atoms with E-state index < -0.39 is 11.9 Å². The molecule has 0 bridgehead atoms. The maximum absolute atomic E-state index is 12.3. The first-order chi connectivity index (χ1) is 13.4. The second kappa shape index (κ2) is 11.2. The normalized spacial score (nSPS) is 14.1. The molecule has 0 heterocycles. The maximum atomic E-state index is 12.3. The van der Waals surface area contributed by atoms with Crippen LogP contribution in [0.5, 0.6) is 0 Å². The molecule has 154 valence electrons. The molecule has 0 unspecified atom stereocenters. The van der Waals surface area contributed by atoms with Crippen LogP contribution in [0.2, 0.25) is 10.0 Å². The third-order valence-corrected chi connectivity index (χ3v) is 4.97. The van der Waals surface area contributed by atoms with E-state index in [-0.39, 0.29) is 25.0 Å². The fourth-order valence-electron chi connectivity index (χ4n) is 3.17. The van der Waals surface area contributed by atoms with E-state index in [4.69, 9.17) is 23.2 Å². The van der Waals surface area contributed by atoms with Crippen LogP contribution in [0.1, 0.15) is 39.0 Å². The summed E-state index contributed by atoms with van der Waals surface area (Å²) in [6.07, 6.45) is 4.83. The van der Waals surface area contributed by atoms with E-state index in [0.717, 1.165) is 32.1 Å². The SMILES string of the molecule is CCCN(CC(=O)NC(=O)NC1CCCC1)CC(=O)Nc1ccc(Cl)cc1Cl. The summed E-state index contributed by atoms with van der Waals surface area (Å²) in [7, 11) is 0. The lowest BCUT2D eigenvalue weighted by Crippen LogP contribution is -2.48. The Bertz CT molecular complexity index is 708. The summed E-state index contributed by atoms with van der Waals surface area (Å²) in [5.41, 5.74) is 0.452. The van der Waals surface area contributed by atoms with Crippen molar-refractivity contribution in [2.45, 2.75) is 45.1 Å². The fourth-order valence-corrected chi connectivity index (χ4v) is 3.63. The molecule has 0 aromatic heterocycles. The Morgan fingerprint density at radius 1 is 1.11 bits per heavy atom. The number of hydrogen-bond acceptors (Lipinski definition) is 4. The van der Waals surface area contributed by atoms with Gasteiger partial charge in [-0.2, -0.15) is 0 Å². The molecule has 0 saturated heterocycles. The summed E-state index contributed by atoms with van der Waals surface area (Å²) >= 11 is 11.9. The number of imide groups is 1. The van der Waals surface area contributed by atoms with Crippen LogP contribution in [0.4, 0.5) is 10.5 Å². The first-order valence-corrected chi connectivity index (χ1v) is 10.2. The first-order valence-electron chi connectivity index (χ1n) is 9.45. The number of nitrogens with zero attached hydrogens (tertiary/aromatic N) is 1. The number of carbonyl (C=O) groups is 3. The zero-order valence-corrected chi connectivity index (χ0v) is 17.4. The molecule has 0 atom stereocenters. The largest absolute Gasteiger partial charge is 0.335 e. The lowest BCUT2D eigenvalue weighted by molar-refractivity contribution is -0.122. The average molecular weight is 429 g/mol. The molecule has 4 amide bonds. The van der Waals surface area contributed by atoms with Gasteiger partial charge in [0, 0.05) is 11.1 Å². The minimum Gasteiger partial charge on any atom is -0.335 e. The molecule has 9 heteroatoms. The van der Waals surface area contributed by atoms with Gasteiger partial charge in [0.2, 0.25) is 11.8 Å². The molecule has 7 nitrogen and oxygen atoms in total. The molecule has 1 aromatic rings. The summed E-state index contributed by atoms with van der Waals surface area (Å²) < 4.78 is 0. The van der Waals surface area contributed by atoms with Crippen molar-refractivity contribution in [2.24, 2.45) is 0 Å². The van der Waals surface area contributed by atoms with Gasteiger partial charge in [-0.25, -0.2) is 4.79 Å². The highest BCUT2D eigenvalue weighted by molar-refractivity contribution is 6.36. The number of rotatable bonds is 8. The standard InChI is InChI=1S/C19H26Cl2N4O3/c1-2-9-25(11-17(26)23-16-8-7-13(20)10-15(16)21)12-18(27)24-19(28)22-14-5-3-4-6-14/h7-8,10,14H,2-6,9,11-12H2,1H3,(H,23,26)(H2,22,24,27,28). The van der Waals surface area contributed by atoms with Gasteiger partial charge in [-0.1, -0.05) is 43.0 Å². The van der Waals surface area contributed by atoms with Gasteiger partial charge in [0.1, 0.15) is 0 Å². The zero-order chi connectivity index (χ0) is 20.5. The van der Waals surface area contributed by atoms with E-state index in [1.807, 2.05) is 6.92 Å². The highest BCUT2D eigenvalue weighted by Crippen LogP contribution is 2.25. The number of carbonyl (C=O) groups excluding carboxylic acids is 3. The Morgan fingerprint density at radius 2 is 1.79 bits per heavy atom. The third kappa shape index (κ3) is 7.66. The van der Waals surface area contributed by atoms with E-state index in [1.165, 1.54) is 0 Å². The van der Waals surface area contributed by atoms with Crippen LogP contribution >= 0.6 is 23.2 Å². The van der Waals surface area contributed by atoms with E-state index in [2.05, 4.69) is 16.0 Å². The summed E-state index contributed by atoms with van der Waals surface area (Å²) in [5.74, 6) is -0.748.